The number of anilines is 2. The van der Waals surface area contributed by atoms with E-state index in [1.807, 2.05) is 31.2 Å². The molecule has 0 spiro atoms. The molecule has 1 aliphatic rings. The molecular formula is C24H19FN2O3. The topological polar surface area (TPSA) is 58.6 Å². The zero-order valence-corrected chi connectivity index (χ0v) is 16.5. The lowest BCUT2D eigenvalue weighted by atomic mass is 10.0. The molecule has 0 saturated carbocycles. The van der Waals surface area contributed by atoms with Gasteiger partial charge in [0.15, 0.2) is 0 Å². The summed E-state index contributed by atoms with van der Waals surface area (Å²) in [4.78, 5) is 27.6. The minimum Gasteiger partial charge on any atom is -0.497 e. The Bertz CT molecular complexity index is 1170. The smallest absolute Gasteiger partial charge is 0.282 e. The third-order valence-electron chi connectivity index (χ3n) is 4.82. The van der Waals surface area contributed by atoms with Gasteiger partial charge in [-0.15, -0.1) is 0 Å². The number of halogens is 1. The number of hydrogen-bond acceptors (Lipinski definition) is 4. The van der Waals surface area contributed by atoms with Crippen molar-refractivity contribution in [1.82, 2.24) is 0 Å². The first kappa shape index (κ1) is 19.4. The monoisotopic (exact) mass is 402 g/mol. The van der Waals surface area contributed by atoms with Crippen molar-refractivity contribution in [2.75, 3.05) is 17.3 Å². The van der Waals surface area contributed by atoms with Gasteiger partial charge in [0.1, 0.15) is 17.3 Å². The van der Waals surface area contributed by atoms with Crippen molar-refractivity contribution in [2.45, 2.75) is 6.92 Å². The Morgan fingerprint density at radius 3 is 2.30 bits per heavy atom. The van der Waals surface area contributed by atoms with Gasteiger partial charge in [0.2, 0.25) is 0 Å². The number of benzene rings is 3. The van der Waals surface area contributed by atoms with Gasteiger partial charge in [-0.2, -0.15) is 0 Å². The first-order chi connectivity index (χ1) is 14.5. The van der Waals surface area contributed by atoms with Crippen LogP contribution in [0, 0.1) is 12.7 Å². The zero-order chi connectivity index (χ0) is 21.3. The van der Waals surface area contributed by atoms with E-state index in [9.17, 15) is 14.0 Å². The van der Waals surface area contributed by atoms with Crippen LogP contribution in [-0.2, 0) is 9.59 Å². The van der Waals surface area contributed by atoms with Crippen molar-refractivity contribution >= 4 is 28.8 Å². The number of methoxy groups -OCH3 is 1. The van der Waals surface area contributed by atoms with E-state index in [0.29, 0.717) is 17.0 Å². The van der Waals surface area contributed by atoms with Gasteiger partial charge in [-0.05, 0) is 60.5 Å². The summed E-state index contributed by atoms with van der Waals surface area (Å²) in [5.74, 6) is -0.964. The molecule has 5 nitrogen and oxygen atoms in total. The van der Waals surface area contributed by atoms with Crippen LogP contribution in [0.4, 0.5) is 15.8 Å². The maximum Gasteiger partial charge on any atom is 0.282 e. The zero-order valence-electron chi connectivity index (χ0n) is 16.5. The van der Waals surface area contributed by atoms with Gasteiger partial charge in [-0.3, -0.25) is 9.59 Å². The molecule has 1 heterocycles. The van der Waals surface area contributed by atoms with Crippen molar-refractivity contribution in [3.63, 3.8) is 0 Å². The van der Waals surface area contributed by atoms with Crippen molar-refractivity contribution < 1.29 is 18.7 Å². The summed E-state index contributed by atoms with van der Waals surface area (Å²) in [5.41, 5.74) is 2.78. The van der Waals surface area contributed by atoms with E-state index in [1.165, 1.54) is 18.2 Å². The van der Waals surface area contributed by atoms with Crippen LogP contribution >= 0.6 is 0 Å². The van der Waals surface area contributed by atoms with Gasteiger partial charge in [-0.25, -0.2) is 9.29 Å². The summed E-state index contributed by atoms with van der Waals surface area (Å²) in [6.07, 6.45) is 0. The molecule has 0 aliphatic carbocycles. The average molecular weight is 402 g/mol. The number of hydrogen-bond donors (Lipinski definition) is 1. The molecular weight excluding hydrogens is 383 g/mol. The molecule has 0 saturated heterocycles. The van der Waals surface area contributed by atoms with Crippen LogP contribution < -0.4 is 15.0 Å². The fourth-order valence-electron chi connectivity index (χ4n) is 3.39. The lowest BCUT2D eigenvalue weighted by molar-refractivity contribution is -0.120. The first-order valence-corrected chi connectivity index (χ1v) is 9.34. The molecule has 2 amide bonds. The Morgan fingerprint density at radius 2 is 1.63 bits per heavy atom. The van der Waals surface area contributed by atoms with E-state index in [0.717, 1.165) is 16.5 Å². The maximum atomic E-state index is 13.8. The molecule has 30 heavy (non-hydrogen) atoms. The largest absolute Gasteiger partial charge is 0.497 e. The Balaban J connectivity index is 1.82. The summed E-state index contributed by atoms with van der Waals surface area (Å²) in [6.45, 7) is 1.94. The highest BCUT2D eigenvalue weighted by molar-refractivity contribution is 6.46. The highest BCUT2D eigenvalue weighted by Gasteiger charge is 2.40. The van der Waals surface area contributed by atoms with Crippen LogP contribution in [0.25, 0.3) is 5.57 Å². The summed E-state index contributed by atoms with van der Waals surface area (Å²) in [7, 11) is 1.55. The van der Waals surface area contributed by atoms with E-state index < -0.39 is 17.6 Å². The average Bonchev–Trinajstić information content (AvgIpc) is 2.97. The van der Waals surface area contributed by atoms with Crippen LogP contribution in [0.3, 0.4) is 0 Å². The fraction of sp³-hybridized carbons (Fsp3) is 0.0833. The minimum atomic E-state index is -0.544. The third-order valence-corrected chi connectivity index (χ3v) is 4.82. The SMILES string of the molecule is COc1ccc(C2=C(Nc3cccc(C)c3)C(=O)N(c3cccc(F)c3)C2=O)cc1. The number of nitrogens with one attached hydrogen (secondary N) is 1. The number of ether oxygens (including phenoxy) is 1. The number of carbonyl (C=O) groups is 2. The standard InChI is InChI=1S/C24H19FN2O3/c1-15-5-3-7-18(13-15)26-22-21(16-9-11-20(30-2)12-10-16)23(28)27(24(22)29)19-8-4-6-17(25)14-19/h3-14,26H,1-2H3. The Kier molecular flexibility index (Phi) is 5.06. The van der Waals surface area contributed by atoms with Gasteiger partial charge in [0.25, 0.3) is 11.8 Å². The van der Waals surface area contributed by atoms with Gasteiger partial charge < -0.3 is 10.1 Å². The van der Waals surface area contributed by atoms with E-state index in [4.69, 9.17) is 4.74 Å². The molecule has 150 valence electrons. The molecule has 3 aromatic carbocycles. The summed E-state index contributed by atoms with van der Waals surface area (Å²) >= 11 is 0. The van der Waals surface area contributed by atoms with E-state index >= 15 is 0 Å². The highest BCUT2D eigenvalue weighted by atomic mass is 19.1. The predicted octanol–water partition coefficient (Wildman–Crippen LogP) is 4.54. The number of nitrogens with zero attached hydrogens (tertiary/aromatic N) is 1. The summed E-state index contributed by atoms with van der Waals surface area (Å²) in [6, 6.07) is 19.8. The van der Waals surface area contributed by atoms with E-state index in [-0.39, 0.29) is 17.0 Å². The summed E-state index contributed by atoms with van der Waals surface area (Å²) < 4.78 is 19.0. The lowest BCUT2D eigenvalue weighted by Gasteiger charge is -2.15. The van der Waals surface area contributed by atoms with E-state index in [1.54, 1.807) is 31.4 Å². The minimum absolute atomic E-state index is 0.139. The van der Waals surface area contributed by atoms with Crippen LogP contribution in [-0.4, -0.2) is 18.9 Å². The molecule has 0 radical (unpaired) electrons. The normalized spacial score (nSPS) is 13.8. The number of imide groups is 1. The molecule has 0 fully saturated rings. The second kappa shape index (κ2) is 7.83. The van der Waals surface area contributed by atoms with Gasteiger partial charge >= 0.3 is 0 Å². The molecule has 4 rings (SSSR count). The van der Waals surface area contributed by atoms with E-state index in [2.05, 4.69) is 5.32 Å². The number of amides is 2. The summed E-state index contributed by atoms with van der Waals surface area (Å²) in [5, 5.41) is 3.10. The van der Waals surface area contributed by atoms with Gasteiger partial charge in [-0.1, -0.05) is 30.3 Å². The second-order valence-corrected chi connectivity index (χ2v) is 6.90. The molecule has 1 N–H and O–H groups in total. The Labute approximate surface area is 173 Å². The number of rotatable bonds is 5. The van der Waals surface area contributed by atoms with Crippen LogP contribution in [0.1, 0.15) is 11.1 Å². The molecule has 3 aromatic rings. The fourth-order valence-corrected chi connectivity index (χ4v) is 3.39. The van der Waals surface area contributed by atoms with Crippen molar-refractivity contribution in [1.29, 1.82) is 0 Å². The molecule has 0 bridgehead atoms. The van der Waals surface area contributed by atoms with Gasteiger partial charge in [0.05, 0.1) is 18.4 Å². The number of carbonyl (C=O) groups excluding carboxylic acids is 2. The Hall–Kier alpha value is -3.93. The van der Waals surface area contributed by atoms with Crippen LogP contribution in [0.2, 0.25) is 0 Å². The first-order valence-electron chi connectivity index (χ1n) is 9.34. The van der Waals surface area contributed by atoms with Crippen molar-refractivity contribution in [3.8, 4) is 5.75 Å². The molecule has 1 aliphatic heterocycles. The molecule has 0 atom stereocenters. The van der Waals surface area contributed by atoms with Gasteiger partial charge in [0, 0.05) is 5.69 Å². The lowest BCUT2D eigenvalue weighted by Crippen LogP contribution is -2.32. The Morgan fingerprint density at radius 1 is 0.900 bits per heavy atom. The predicted molar refractivity (Wildman–Crippen MR) is 114 cm³/mol. The molecule has 0 unspecified atom stereocenters. The van der Waals surface area contributed by atoms with Crippen molar-refractivity contribution in [2.24, 2.45) is 0 Å². The second-order valence-electron chi connectivity index (χ2n) is 6.90. The number of aryl methyl sites for hydroxylation is 1. The highest BCUT2D eigenvalue weighted by Crippen LogP contribution is 2.34. The van der Waals surface area contributed by atoms with Crippen LogP contribution in [0.5, 0.6) is 5.75 Å². The van der Waals surface area contributed by atoms with Crippen LogP contribution in [0.15, 0.2) is 78.5 Å². The van der Waals surface area contributed by atoms with Crippen molar-refractivity contribution in [3.05, 3.63) is 95.4 Å². The molecule has 6 heteroatoms. The maximum absolute atomic E-state index is 13.8. The molecule has 0 aromatic heterocycles. The quantitative estimate of drug-likeness (QED) is 0.637. The third kappa shape index (κ3) is 3.55.